The molecule has 112 valence electrons. The number of aryl methyl sites for hydroxylation is 2. The highest BCUT2D eigenvalue weighted by molar-refractivity contribution is 5.36. The van der Waals surface area contributed by atoms with Crippen LogP contribution < -0.4 is 5.32 Å². The van der Waals surface area contributed by atoms with Crippen LogP contribution >= 0.6 is 0 Å². The Labute approximate surface area is 125 Å². The summed E-state index contributed by atoms with van der Waals surface area (Å²) >= 11 is 0. The molecule has 0 saturated heterocycles. The van der Waals surface area contributed by atoms with Crippen molar-refractivity contribution in [3.63, 3.8) is 0 Å². The van der Waals surface area contributed by atoms with Gasteiger partial charge in [0.05, 0.1) is 0 Å². The van der Waals surface area contributed by atoms with E-state index in [1.54, 1.807) is 5.56 Å². The third-order valence-electron chi connectivity index (χ3n) is 5.22. The summed E-state index contributed by atoms with van der Waals surface area (Å²) in [6, 6.07) is 7.28. The van der Waals surface area contributed by atoms with E-state index < -0.39 is 0 Å². The lowest BCUT2D eigenvalue weighted by Crippen LogP contribution is -2.32. The first-order chi connectivity index (χ1) is 9.67. The molecule has 1 aliphatic carbocycles. The summed E-state index contributed by atoms with van der Waals surface area (Å²) in [6.07, 6.45) is 7.00. The molecule has 1 atom stereocenters. The molecular weight excluding hydrogens is 242 g/mol. The predicted octanol–water partition coefficient (Wildman–Crippen LogP) is 5.17. The van der Waals surface area contributed by atoms with Gasteiger partial charge in [-0.2, -0.15) is 0 Å². The van der Waals surface area contributed by atoms with E-state index in [0.29, 0.717) is 6.04 Å². The first-order valence-corrected chi connectivity index (χ1v) is 8.46. The molecule has 0 bridgehead atoms. The van der Waals surface area contributed by atoms with Crippen molar-refractivity contribution in [1.82, 2.24) is 5.32 Å². The van der Waals surface area contributed by atoms with Crippen LogP contribution in [0.1, 0.15) is 68.7 Å². The van der Waals surface area contributed by atoms with Gasteiger partial charge < -0.3 is 5.32 Å². The lowest BCUT2D eigenvalue weighted by atomic mass is 9.74. The van der Waals surface area contributed by atoms with Gasteiger partial charge in [-0.05, 0) is 61.8 Å². The Balaban J connectivity index is 2.19. The molecule has 2 rings (SSSR count). The normalized spacial score (nSPS) is 24.6. The molecule has 1 N–H and O–H groups in total. The van der Waals surface area contributed by atoms with Crippen LogP contribution in [-0.2, 0) is 0 Å². The van der Waals surface area contributed by atoms with E-state index in [1.807, 2.05) is 0 Å². The van der Waals surface area contributed by atoms with E-state index in [4.69, 9.17) is 0 Å². The van der Waals surface area contributed by atoms with E-state index in [1.165, 1.54) is 43.2 Å². The Morgan fingerprint density at radius 3 is 2.15 bits per heavy atom. The maximum atomic E-state index is 3.78. The molecule has 0 amide bonds. The van der Waals surface area contributed by atoms with Crippen molar-refractivity contribution in [3.8, 4) is 0 Å². The molecule has 1 aromatic rings. The Morgan fingerprint density at radius 1 is 1.05 bits per heavy atom. The smallest absolute Gasteiger partial charge is 0.0353 e. The molecule has 0 aliphatic heterocycles. The maximum absolute atomic E-state index is 3.78. The van der Waals surface area contributed by atoms with E-state index in [-0.39, 0.29) is 0 Å². The molecule has 1 unspecified atom stereocenters. The SMILES string of the molecule is CCNC(c1c(C)cccc1C)C1CCC(CC)CC1. The minimum atomic E-state index is 0.555. The van der Waals surface area contributed by atoms with Gasteiger partial charge in [0.2, 0.25) is 0 Å². The highest BCUT2D eigenvalue weighted by Gasteiger charge is 2.29. The molecule has 0 heterocycles. The van der Waals surface area contributed by atoms with Gasteiger partial charge in [0, 0.05) is 6.04 Å². The highest BCUT2D eigenvalue weighted by atomic mass is 14.9. The van der Waals surface area contributed by atoms with Gasteiger partial charge in [-0.25, -0.2) is 0 Å². The van der Waals surface area contributed by atoms with Gasteiger partial charge >= 0.3 is 0 Å². The largest absolute Gasteiger partial charge is 0.310 e. The van der Waals surface area contributed by atoms with E-state index in [0.717, 1.165) is 18.4 Å². The first-order valence-electron chi connectivity index (χ1n) is 8.46. The molecule has 20 heavy (non-hydrogen) atoms. The number of hydrogen-bond acceptors (Lipinski definition) is 1. The quantitative estimate of drug-likeness (QED) is 0.780. The summed E-state index contributed by atoms with van der Waals surface area (Å²) in [5.41, 5.74) is 4.47. The van der Waals surface area contributed by atoms with Crippen molar-refractivity contribution >= 4 is 0 Å². The summed E-state index contributed by atoms with van der Waals surface area (Å²) in [5, 5.41) is 3.78. The average Bonchev–Trinajstić information content (AvgIpc) is 2.46. The van der Waals surface area contributed by atoms with E-state index >= 15 is 0 Å². The van der Waals surface area contributed by atoms with Crippen molar-refractivity contribution in [2.24, 2.45) is 11.8 Å². The molecule has 1 nitrogen and oxygen atoms in total. The molecule has 0 aromatic heterocycles. The molecule has 1 fully saturated rings. The Kier molecular flexibility index (Phi) is 5.65. The molecule has 0 radical (unpaired) electrons. The van der Waals surface area contributed by atoms with Crippen LogP contribution in [0.2, 0.25) is 0 Å². The monoisotopic (exact) mass is 273 g/mol. The molecule has 1 aliphatic rings. The molecule has 0 spiro atoms. The lowest BCUT2D eigenvalue weighted by molar-refractivity contribution is 0.219. The second-order valence-electron chi connectivity index (χ2n) is 6.53. The molecule has 1 aromatic carbocycles. The summed E-state index contributed by atoms with van der Waals surface area (Å²) in [7, 11) is 0. The Hall–Kier alpha value is -0.820. The van der Waals surface area contributed by atoms with Crippen molar-refractivity contribution in [1.29, 1.82) is 0 Å². The second-order valence-corrected chi connectivity index (χ2v) is 6.53. The van der Waals surface area contributed by atoms with Crippen molar-refractivity contribution < 1.29 is 0 Å². The summed E-state index contributed by atoms with van der Waals surface area (Å²) in [5.74, 6) is 1.80. The minimum absolute atomic E-state index is 0.555. The van der Waals surface area contributed by atoms with Gasteiger partial charge in [0.1, 0.15) is 0 Å². The summed E-state index contributed by atoms with van der Waals surface area (Å²) < 4.78 is 0. The molecular formula is C19H31N. The number of benzene rings is 1. The van der Waals surface area contributed by atoms with Crippen LogP contribution in [0.3, 0.4) is 0 Å². The average molecular weight is 273 g/mol. The third kappa shape index (κ3) is 3.44. The fourth-order valence-corrected chi connectivity index (χ4v) is 3.97. The predicted molar refractivity (Wildman–Crippen MR) is 88.1 cm³/mol. The van der Waals surface area contributed by atoms with Gasteiger partial charge in [0.15, 0.2) is 0 Å². The summed E-state index contributed by atoms with van der Waals surface area (Å²) in [4.78, 5) is 0. The van der Waals surface area contributed by atoms with Gasteiger partial charge in [-0.3, -0.25) is 0 Å². The topological polar surface area (TPSA) is 12.0 Å². The van der Waals surface area contributed by atoms with Gasteiger partial charge in [-0.15, -0.1) is 0 Å². The van der Waals surface area contributed by atoms with Gasteiger partial charge in [0.25, 0.3) is 0 Å². The summed E-state index contributed by atoms with van der Waals surface area (Å²) in [6.45, 7) is 10.2. The standard InChI is InChI=1S/C19H31N/c1-5-16-10-12-17(13-11-16)19(20-6-2)18-14(3)8-7-9-15(18)4/h7-9,16-17,19-20H,5-6,10-13H2,1-4H3. The van der Waals surface area contributed by atoms with Crippen molar-refractivity contribution in [3.05, 3.63) is 34.9 Å². The zero-order chi connectivity index (χ0) is 14.5. The third-order valence-corrected chi connectivity index (χ3v) is 5.22. The maximum Gasteiger partial charge on any atom is 0.0353 e. The van der Waals surface area contributed by atoms with Crippen molar-refractivity contribution in [2.45, 2.75) is 65.8 Å². The van der Waals surface area contributed by atoms with Crippen LogP contribution in [0.25, 0.3) is 0 Å². The van der Waals surface area contributed by atoms with Gasteiger partial charge in [-0.1, -0.05) is 51.3 Å². The van der Waals surface area contributed by atoms with Crippen molar-refractivity contribution in [2.75, 3.05) is 6.54 Å². The van der Waals surface area contributed by atoms with Crippen LogP contribution in [0.15, 0.2) is 18.2 Å². The Bertz CT molecular complexity index is 396. The highest BCUT2D eigenvalue weighted by Crippen LogP contribution is 2.39. The minimum Gasteiger partial charge on any atom is -0.310 e. The molecule has 1 saturated carbocycles. The number of nitrogens with one attached hydrogen (secondary N) is 1. The number of rotatable bonds is 5. The van der Waals surface area contributed by atoms with Crippen LogP contribution in [0.4, 0.5) is 0 Å². The van der Waals surface area contributed by atoms with Crippen LogP contribution in [0.5, 0.6) is 0 Å². The second kappa shape index (κ2) is 7.26. The number of hydrogen-bond donors (Lipinski definition) is 1. The first kappa shape index (κ1) is 15.6. The zero-order valence-electron chi connectivity index (χ0n) is 13.7. The fourth-order valence-electron chi connectivity index (χ4n) is 3.97. The fraction of sp³-hybridized carbons (Fsp3) is 0.684. The van der Waals surface area contributed by atoms with E-state index in [9.17, 15) is 0 Å². The Morgan fingerprint density at radius 2 is 1.65 bits per heavy atom. The lowest BCUT2D eigenvalue weighted by Gasteiger charge is -2.35. The van der Waals surface area contributed by atoms with E-state index in [2.05, 4.69) is 51.2 Å². The van der Waals surface area contributed by atoms with Crippen LogP contribution in [-0.4, -0.2) is 6.54 Å². The van der Waals surface area contributed by atoms with Crippen LogP contribution in [0, 0.1) is 25.7 Å². The zero-order valence-corrected chi connectivity index (χ0v) is 13.7. The molecule has 1 heteroatoms.